The topological polar surface area (TPSA) is 39.9 Å². The number of hydrogen-bond acceptors (Lipinski definition) is 3. The Labute approximate surface area is 94.9 Å². The average Bonchev–Trinajstić information content (AvgIpc) is 2.78. The van der Waals surface area contributed by atoms with Crippen LogP contribution in [0.4, 0.5) is 0 Å². The Balaban J connectivity index is 2.21. The van der Waals surface area contributed by atoms with Gasteiger partial charge in [-0.25, -0.2) is 0 Å². The lowest BCUT2D eigenvalue weighted by Crippen LogP contribution is -1.96. The summed E-state index contributed by atoms with van der Waals surface area (Å²) in [5.41, 5.74) is 1.96. The third kappa shape index (κ3) is 2.21. The van der Waals surface area contributed by atoms with Gasteiger partial charge in [0, 0.05) is 12.1 Å². The molecule has 1 aromatic heterocycles. The first-order valence-electron chi connectivity index (χ1n) is 5.38. The van der Waals surface area contributed by atoms with Gasteiger partial charge in [-0.05, 0) is 30.7 Å². The number of aryl methyl sites for hydroxylation is 1. The van der Waals surface area contributed by atoms with Crippen molar-refractivity contribution in [3.8, 4) is 17.0 Å². The van der Waals surface area contributed by atoms with E-state index in [0.717, 1.165) is 30.0 Å². The van der Waals surface area contributed by atoms with E-state index in [1.807, 2.05) is 35.1 Å². The maximum Gasteiger partial charge on any atom is 0.118 e. The number of nitrogens with zero attached hydrogens (tertiary/aromatic N) is 3. The minimum Gasteiger partial charge on any atom is -0.497 e. The van der Waals surface area contributed by atoms with Crippen molar-refractivity contribution < 1.29 is 4.74 Å². The molecule has 4 heteroatoms. The summed E-state index contributed by atoms with van der Waals surface area (Å²) in [7, 11) is 1.66. The van der Waals surface area contributed by atoms with Gasteiger partial charge in [0.2, 0.25) is 0 Å². The van der Waals surface area contributed by atoms with Crippen LogP contribution in [0, 0.1) is 0 Å². The monoisotopic (exact) mass is 217 g/mol. The van der Waals surface area contributed by atoms with Crippen LogP contribution in [-0.4, -0.2) is 22.1 Å². The summed E-state index contributed by atoms with van der Waals surface area (Å²) < 4.78 is 6.97. The maximum atomic E-state index is 5.11. The molecule has 0 aliphatic rings. The van der Waals surface area contributed by atoms with Crippen molar-refractivity contribution in [3.63, 3.8) is 0 Å². The number of methoxy groups -OCH3 is 1. The van der Waals surface area contributed by atoms with Gasteiger partial charge < -0.3 is 4.74 Å². The Bertz CT molecular complexity index is 448. The summed E-state index contributed by atoms with van der Waals surface area (Å²) in [6.45, 7) is 3.03. The lowest BCUT2D eigenvalue weighted by atomic mass is 10.2. The molecule has 0 spiro atoms. The summed E-state index contributed by atoms with van der Waals surface area (Å²) in [5.74, 6) is 0.852. The Morgan fingerprint density at radius 1 is 1.25 bits per heavy atom. The van der Waals surface area contributed by atoms with Crippen LogP contribution in [0.15, 0.2) is 30.5 Å². The molecule has 0 radical (unpaired) electrons. The number of aromatic nitrogens is 3. The SMILES string of the molecule is CCCn1cc(-c2ccc(OC)cc2)nn1. The van der Waals surface area contributed by atoms with Crippen molar-refractivity contribution in [2.24, 2.45) is 0 Å². The first kappa shape index (κ1) is 10.7. The normalized spacial score (nSPS) is 10.4. The van der Waals surface area contributed by atoms with E-state index < -0.39 is 0 Å². The van der Waals surface area contributed by atoms with Crippen molar-refractivity contribution >= 4 is 0 Å². The molecule has 0 N–H and O–H groups in total. The number of benzene rings is 1. The highest BCUT2D eigenvalue weighted by molar-refractivity contribution is 5.58. The second kappa shape index (κ2) is 4.79. The van der Waals surface area contributed by atoms with E-state index in [9.17, 15) is 0 Å². The Morgan fingerprint density at radius 3 is 2.62 bits per heavy atom. The maximum absolute atomic E-state index is 5.11. The van der Waals surface area contributed by atoms with Crippen LogP contribution in [0.5, 0.6) is 5.75 Å². The smallest absolute Gasteiger partial charge is 0.118 e. The highest BCUT2D eigenvalue weighted by Gasteiger charge is 2.03. The molecular weight excluding hydrogens is 202 g/mol. The van der Waals surface area contributed by atoms with Crippen molar-refractivity contribution in [1.82, 2.24) is 15.0 Å². The van der Waals surface area contributed by atoms with E-state index in [-0.39, 0.29) is 0 Å². The fourth-order valence-electron chi connectivity index (χ4n) is 1.53. The molecule has 0 atom stereocenters. The molecule has 1 aromatic carbocycles. The van der Waals surface area contributed by atoms with Gasteiger partial charge in [-0.2, -0.15) is 0 Å². The summed E-state index contributed by atoms with van der Waals surface area (Å²) in [4.78, 5) is 0. The van der Waals surface area contributed by atoms with E-state index in [1.165, 1.54) is 0 Å². The lowest BCUT2D eigenvalue weighted by Gasteiger charge is -1.99. The third-order valence-electron chi connectivity index (χ3n) is 2.38. The van der Waals surface area contributed by atoms with E-state index in [2.05, 4.69) is 17.2 Å². The van der Waals surface area contributed by atoms with E-state index >= 15 is 0 Å². The van der Waals surface area contributed by atoms with Gasteiger partial charge in [0.15, 0.2) is 0 Å². The highest BCUT2D eigenvalue weighted by Crippen LogP contribution is 2.19. The molecular formula is C12H15N3O. The van der Waals surface area contributed by atoms with Crippen LogP contribution < -0.4 is 4.74 Å². The van der Waals surface area contributed by atoms with Crippen LogP contribution >= 0.6 is 0 Å². The summed E-state index contributed by atoms with van der Waals surface area (Å²) in [6, 6.07) is 7.82. The zero-order valence-corrected chi connectivity index (χ0v) is 9.55. The molecule has 2 rings (SSSR count). The van der Waals surface area contributed by atoms with Gasteiger partial charge in [-0.15, -0.1) is 5.10 Å². The van der Waals surface area contributed by atoms with Gasteiger partial charge in [0.1, 0.15) is 11.4 Å². The number of hydrogen-bond donors (Lipinski definition) is 0. The standard InChI is InChI=1S/C12H15N3O/c1-3-8-15-9-12(13-14-15)10-4-6-11(16-2)7-5-10/h4-7,9H,3,8H2,1-2H3. The largest absolute Gasteiger partial charge is 0.497 e. The van der Waals surface area contributed by atoms with Crippen molar-refractivity contribution in [3.05, 3.63) is 30.5 Å². The predicted octanol–water partition coefficient (Wildman–Crippen LogP) is 2.36. The van der Waals surface area contributed by atoms with E-state index in [0.29, 0.717) is 0 Å². The molecule has 0 aliphatic heterocycles. The summed E-state index contributed by atoms with van der Waals surface area (Å²) in [5, 5.41) is 8.19. The first-order valence-corrected chi connectivity index (χ1v) is 5.38. The fourth-order valence-corrected chi connectivity index (χ4v) is 1.53. The van der Waals surface area contributed by atoms with Crippen LogP contribution in [0.2, 0.25) is 0 Å². The van der Waals surface area contributed by atoms with Crippen molar-refractivity contribution in [1.29, 1.82) is 0 Å². The fraction of sp³-hybridized carbons (Fsp3) is 0.333. The molecule has 0 saturated heterocycles. The van der Waals surface area contributed by atoms with E-state index in [1.54, 1.807) is 7.11 Å². The number of ether oxygens (including phenoxy) is 1. The molecule has 0 fully saturated rings. The van der Waals surface area contributed by atoms with Gasteiger partial charge in [0.05, 0.1) is 13.3 Å². The number of rotatable bonds is 4. The molecule has 84 valence electrons. The molecule has 16 heavy (non-hydrogen) atoms. The van der Waals surface area contributed by atoms with E-state index in [4.69, 9.17) is 4.74 Å². The average molecular weight is 217 g/mol. The second-order valence-corrected chi connectivity index (χ2v) is 3.60. The molecule has 1 heterocycles. The third-order valence-corrected chi connectivity index (χ3v) is 2.38. The Kier molecular flexibility index (Phi) is 3.19. The van der Waals surface area contributed by atoms with Crippen molar-refractivity contribution in [2.45, 2.75) is 19.9 Å². The lowest BCUT2D eigenvalue weighted by molar-refractivity contribution is 0.415. The van der Waals surface area contributed by atoms with Crippen molar-refractivity contribution in [2.75, 3.05) is 7.11 Å². The zero-order valence-electron chi connectivity index (χ0n) is 9.55. The summed E-state index contributed by atoms with van der Waals surface area (Å²) in [6.07, 6.45) is 3.02. The van der Waals surface area contributed by atoms with Gasteiger partial charge in [-0.3, -0.25) is 4.68 Å². The van der Waals surface area contributed by atoms with Gasteiger partial charge in [-0.1, -0.05) is 12.1 Å². The molecule has 0 amide bonds. The van der Waals surface area contributed by atoms with Gasteiger partial charge >= 0.3 is 0 Å². The first-order chi connectivity index (χ1) is 7.83. The Morgan fingerprint density at radius 2 is 2.00 bits per heavy atom. The van der Waals surface area contributed by atoms with Crippen LogP contribution in [-0.2, 0) is 6.54 Å². The predicted molar refractivity (Wildman–Crippen MR) is 62.3 cm³/mol. The minimum atomic E-state index is 0.852. The molecule has 0 bridgehead atoms. The molecule has 4 nitrogen and oxygen atoms in total. The highest BCUT2D eigenvalue weighted by atomic mass is 16.5. The van der Waals surface area contributed by atoms with Gasteiger partial charge in [0.25, 0.3) is 0 Å². The quantitative estimate of drug-likeness (QED) is 0.789. The van der Waals surface area contributed by atoms with Crippen LogP contribution in [0.1, 0.15) is 13.3 Å². The molecule has 0 saturated carbocycles. The minimum absolute atomic E-state index is 0.852. The molecule has 0 unspecified atom stereocenters. The van der Waals surface area contributed by atoms with Crippen LogP contribution in [0.25, 0.3) is 11.3 Å². The summed E-state index contributed by atoms with van der Waals surface area (Å²) >= 11 is 0. The Hall–Kier alpha value is -1.84. The second-order valence-electron chi connectivity index (χ2n) is 3.60. The zero-order chi connectivity index (χ0) is 11.4. The molecule has 0 aliphatic carbocycles. The van der Waals surface area contributed by atoms with Crippen LogP contribution in [0.3, 0.4) is 0 Å². The molecule has 2 aromatic rings.